The highest BCUT2D eigenvalue weighted by atomic mass is 16.5. The Kier molecular flexibility index (Phi) is 23.7. The van der Waals surface area contributed by atoms with Crippen molar-refractivity contribution >= 4 is 16.7 Å². The quantitative estimate of drug-likeness (QED) is 0.183. The number of nitrogens with zero attached hydrogens (tertiary/aromatic N) is 2. The van der Waals surface area contributed by atoms with Crippen LogP contribution in [0.2, 0.25) is 0 Å². The molecule has 0 bridgehead atoms. The van der Waals surface area contributed by atoms with E-state index < -0.39 is 5.78 Å². The fourth-order valence-corrected chi connectivity index (χ4v) is 3.56. The Morgan fingerprint density at radius 2 is 1.86 bits per heavy atom. The topological polar surface area (TPSA) is 69.1 Å². The second kappa shape index (κ2) is 24.0. The fourth-order valence-electron chi connectivity index (χ4n) is 3.56. The van der Waals surface area contributed by atoms with Crippen molar-refractivity contribution in [3.05, 3.63) is 59.3 Å². The largest absolute Gasteiger partial charge is 0.382 e. The molecule has 1 heterocycles. The SMILES string of the molecule is C/C=C\C=C/CC(=O)C#N.CC.CC.CCOCCCN(CC)Cc1c(CC)cc(C)c2[nH]ccc12. The molecule has 2 rings (SSSR count). The standard InChI is InChI=1S/C19H30N2O.C8H9NO.2C2H6/c1-5-16-13-15(4)19-17(9-10-20-19)18(16)14-21(6-2)11-8-12-22-7-3;1-2-3-4-5-6-8(10)7-9;2*1-2/h9-10,13,20H,5-8,11-12,14H2,1-4H3;2-5H,6H2,1H3;2*1-2H3/b;3-2-,5-4-;;. The lowest BCUT2D eigenvalue weighted by Crippen LogP contribution is -2.25. The average Bonchev–Trinajstić information content (AvgIpc) is 3.43. The van der Waals surface area contributed by atoms with E-state index >= 15 is 0 Å². The Hall–Kier alpha value is -2.68. The smallest absolute Gasteiger partial charge is 0.235 e. The number of aryl methyl sites for hydroxylation is 2. The van der Waals surface area contributed by atoms with E-state index in [0.29, 0.717) is 0 Å². The summed E-state index contributed by atoms with van der Waals surface area (Å²) in [4.78, 5) is 16.3. The summed E-state index contributed by atoms with van der Waals surface area (Å²) < 4.78 is 5.47. The van der Waals surface area contributed by atoms with Crippen LogP contribution in [-0.2, 0) is 22.5 Å². The summed E-state index contributed by atoms with van der Waals surface area (Å²) in [7, 11) is 0. The molecule has 0 unspecified atom stereocenters. The first-order valence-electron chi connectivity index (χ1n) is 13.6. The van der Waals surface area contributed by atoms with Crippen LogP contribution in [-0.4, -0.2) is 42.0 Å². The maximum atomic E-state index is 10.3. The van der Waals surface area contributed by atoms with Gasteiger partial charge in [-0.2, -0.15) is 5.26 Å². The number of hydrogen-bond donors (Lipinski definition) is 1. The second-order valence-corrected chi connectivity index (χ2v) is 7.56. The van der Waals surface area contributed by atoms with Gasteiger partial charge in [-0.3, -0.25) is 9.69 Å². The molecule has 0 radical (unpaired) electrons. The van der Waals surface area contributed by atoms with Crippen molar-refractivity contribution in [3.63, 3.8) is 0 Å². The number of fused-ring (bicyclic) bond motifs is 1. The van der Waals surface area contributed by atoms with Crippen LogP contribution in [0.15, 0.2) is 42.6 Å². The third-order valence-corrected chi connectivity index (χ3v) is 5.29. The van der Waals surface area contributed by atoms with Crippen LogP contribution in [0.25, 0.3) is 10.9 Å². The van der Waals surface area contributed by atoms with Crippen LogP contribution in [0, 0.1) is 18.3 Å². The Morgan fingerprint density at radius 1 is 1.17 bits per heavy atom. The summed E-state index contributed by atoms with van der Waals surface area (Å²) in [6.45, 7) is 23.5. The molecule has 0 fully saturated rings. The molecule has 0 aliphatic rings. The van der Waals surface area contributed by atoms with Crippen molar-refractivity contribution in [1.82, 2.24) is 9.88 Å². The number of hydrogen-bond acceptors (Lipinski definition) is 4. The van der Waals surface area contributed by atoms with Gasteiger partial charge < -0.3 is 9.72 Å². The number of benzene rings is 1. The van der Waals surface area contributed by atoms with E-state index in [9.17, 15) is 4.79 Å². The maximum Gasteiger partial charge on any atom is 0.235 e. The third-order valence-electron chi connectivity index (χ3n) is 5.29. The van der Waals surface area contributed by atoms with Crippen molar-refractivity contribution < 1.29 is 9.53 Å². The summed E-state index contributed by atoms with van der Waals surface area (Å²) in [6, 6.07) is 6.10. The molecule has 1 N–H and O–H groups in total. The number of nitrogens with one attached hydrogen (secondary N) is 1. The molecule has 5 heteroatoms. The number of Topliss-reactive ketones (excluding diaryl/α,β-unsaturated/α-hetero) is 1. The van der Waals surface area contributed by atoms with Gasteiger partial charge in [-0.15, -0.1) is 0 Å². The molecule has 0 aliphatic carbocycles. The minimum atomic E-state index is -0.402. The number of ketones is 1. The Balaban J connectivity index is 0. The van der Waals surface area contributed by atoms with E-state index in [4.69, 9.17) is 10.00 Å². The Bertz CT molecular complexity index is 920. The summed E-state index contributed by atoms with van der Waals surface area (Å²) in [5.41, 5.74) is 5.60. The van der Waals surface area contributed by atoms with Crippen LogP contribution in [0.5, 0.6) is 0 Å². The summed E-state index contributed by atoms with van der Waals surface area (Å²) in [5, 5.41) is 9.43. The first kappa shape index (κ1) is 35.5. The van der Waals surface area contributed by atoms with Crippen LogP contribution in [0.4, 0.5) is 0 Å². The number of H-pyrrole nitrogens is 1. The number of carbonyl (C=O) groups is 1. The highest BCUT2D eigenvalue weighted by molar-refractivity contribution is 5.94. The van der Waals surface area contributed by atoms with Crippen LogP contribution >= 0.6 is 0 Å². The van der Waals surface area contributed by atoms with Crippen molar-refractivity contribution in [2.75, 3.05) is 26.3 Å². The van der Waals surface area contributed by atoms with Gasteiger partial charge in [0.2, 0.25) is 5.78 Å². The van der Waals surface area contributed by atoms with E-state index in [-0.39, 0.29) is 6.42 Å². The zero-order valence-electron chi connectivity index (χ0n) is 24.4. The Labute approximate surface area is 221 Å². The molecule has 2 aromatic rings. The van der Waals surface area contributed by atoms with E-state index in [2.05, 4.69) is 55.9 Å². The predicted octanol–water partition coefficient (Wildman–Crippen LogP) is 7.94. The van der Waals surface area contributed by atoms with Gasteiger partial charge in [-0.1, -0.05) is 71.9 Å². The molecule has 5 nitrogen and oxygen atoms in total. The fraction of sp³-hybridized carbons (Fsp3) is 0.548. The van der Waals surface area contributed by atoms with Crippen LogP contribution < -0.4 is 0 Å². The van der Waals surface area contributed by atoms with Gasteiger partial charge in [-0.05, 0) is 62.9 Å². The molecule has 0 aliphatic heterocycles. The number of carbonyl (C=O) groups excluding carboxylic acids is 1. The molecule has 0 saturated heterocycles. The number of aromatic amines is 1. The van der Waals surface area contributed by atoms with Crippen molar-refractivity contribution in [2.45, 2.75) is 88.1 Å². The van der Waals surface area contributed by atoms with Gasteiger partial charge in [0.25, 0.3) is 0 Å². The first-order chi connectivity index (χ1) is 17.5. The van der Waals surface area contributed by atoms with Crippen LogP contribution in [0.1, 0.15) is 84.9 Å². The van der Waals surface area contributed by atoms with Gasteiger partial charge in [0.15, 0.2) is 0 Å². The molecule has 36 heavy (non-hydrogen) atoms. The molecule has 202 valence electrons. The zero-order chi connectivity index (χ0) is 27.8. The summed E-state index contributed by atoms with van der Waals surface area (Å²) in [5.74, 6) is -0.402. The number of rotatable bonds is 12. The van der Waals surface area contributed by atoms with Crippen molar-refractivity contribution in [1.29, 1.82) is 5.26 Å². The molecule has 0 atom stereocenters. The molecule has 0 spiro atoms. The van der Waals surface area contributed by atoms with Gasteiger partial charge in [0, 0.05) is 49.8 Å². The minimum Gasteiger partial charge on any atom is -0.382 e. The second-order valence-electron chi connectivity index (χ2n) is 7.56. The van der Waals surface area contributed by atoms with Gasteiger partial charge in [0.05, 0.1) is 0 Å². The summed E-state index contributed by atoms with van der Waals surface area (Å²) in [6.07, 6.45) is 11.5. The van der Waals surface area contributed by atoms with E-state index in [0.717, 1.165) is 45.7 Å². The molecule has 0 saturated carbocycles. The highest BCUT2D eigenvalue weighted by Crippen LogP contribution is 2.27. The number of ether oxygens (including phenoxy) is 1. The predicted molar refractivity (Wildman–Crippen MR) is 156 cm³/mol. The normalized spacial score (nSPS) is 10.4. The lowest BCUT2D eigenvalue weighted by molar-refractivity contribution is -0.113. The Morgan fingerprint density at radius 3 is 2.42 bits per heavy atom. The van der Waals surface area contributed by atoms with Gasteiger partial charge in [-0.25, -0.2) is 0 Å². The highest BCUT2D eigenvalue weighted by Gasteiger charge is 2.13. The summed E-state index contributed by atoms with van der Waals surface area (Å²) >= 11 is 0. The van der Waals surface area contributed by atoms with Gasteiger partial charge >= 0.3 is 0 Å². The zero-order valence-corrected chi connectivity index (χ0v) is 24.4. The van der Waals surface area contributed by atoms with E-state index in [1.54, 1.807) is 12.2 Å². The van der Waals surface area contributed by atoms with Gasteiger partial charge in [0.1, 0.15) is 6.07 Å². The number of nitriles is 1. The van der Waals surface area contributed by atoms with E-state index in [1.165, 1.54) is 33.7 Å². The molecule has 0 amide bonds. The molecule has 1 aromatic heterocycles. The molecular formula is C31H51N3O2. The monoisotopic (exact) mass is 497 g/mol. The van der Waals surface area contributed by atoms with Crippen molar-refractivity contribution in [2.24, 2.45) is 0 Å². The number of allylic oxidation sites excluding steroid dienone is 4. The third kappa shape index (κ3) is 14.0. The van der Waals surface area contributed by atoms with Crippen LogP contribution in [0.3, 0.4) is 0 Å². The molecular weight excluding hydrogens is 446 g/mol. The average molecular weight is 498 g/mol. The molecule has 1 aromatic carbocycles. The van der Waals surface area contributed by atoms with E-state index in [1.807, 2.05) is 46.8 Å². The van der Waals surface area contributed by atoms with Crippen molar-refractivity contribution in [3.8, 4) is 6.07 Å². The lowest BCUT2D eigenvalue weighted by Gasteiger charge is -2.23. The first-order valence-corrected chi connectivity index (χ1v) is 13.6. The lowest BCUT2D eigenvalue weighted by atomic mass is 9.97. The number of aromatic nitrogens is 1. The maximum absolute atomic E-state index is 10.3. The minimum absolute atomic E-state index is 0.209.